The van der Waals surface area contributed by atoms with Crippen molar-refractivity contribution >= 4 is 29.5 Å². The number of piperidine rings is 1. The highest BCUT2D eigenvalue weighted by atomic mass is 16.2. The van der Waals surface area contributed by atoms with Crippen LogP contribution in [0.25, 0.3) is 0 Å². The second-order valence-electron chi connectivity index (χ2n) is 8.56. The molecule has 2 aliphatic heterocycles. The number of carbonyl (C=O) groups excluding carboxylic acids is 4. The molecule has 1 atom stereocenters. The average molecular weight is 402 g/mol. The maximum absolute atomic E-state index is 13.1. The van der Waals surface area contributed by atoms with Crippen LogP contribution in [0.1, 0.15) is 53.4 Å². The highest BCUT2D eigenvalue weighted by molar-refractivity contribution is 6.07. The summed E-state index contributed by atoms with van der Waals surface area (Å²) in [7, 11) is 0. The molecular formula is C21H30N4O4. The molecule has 2 N–H and O–H groups in total. The number of hydrogen-bond donors (Lipinski definition) is 2. The molecular weight excluding hydrogens is 372 g/mol. The Morgan fingerprint density at radius 3 is 2.69 bits per heavy atom. The standard InChI is InChI=1S/C21H30N4O4/c1-14-22-10-6-5-7-15(13-23-18(27)12-21(2,3)4)11-19(28)25(14)16-8-9-17(26)24-20(16)29/h5-7,16H,8-13H2,1-4H3,(H,23,27)(H,24,26,29)/b6-5-,15-7+,22-14-. The average Bonchev–Trinajstić information content (AvgIpc) is 2.59. The SMILES string of the molecule is C/C1=N/C/C=C\C=C(\CNC(=O)CC(C)(C)C)CC(=O)N1C1CCC(=O)NC1=O. The first-order chi connectivity index (χ1) is 13.6. The van der Waals surface area contributed by atoms with E-state index in [1.807, 2.05) is 32.9 Å². The Morgan fingerprint density at radius 2 is 2.03 bits per heavy atom. The van der Waals surface area contributed by atoms with E-state index in [-0.39, 0.29) is 48.9 Å². The molecule has 0 aromatic heterocycles. The van der Waals surface area contributed by atoms with Crippen LogP contribution in [0.3, 0.4) is 0 Å². The van der Waals surface area contributed by atoms with Crippen molar-refractivity contribution < 1.29 is 19.2 Å². The molecule has 2 heterocycles. The third-order valence-corrected chi connectivity index (χ3v) is 4.61. The van der Waals surface area contributed by atoms with Crippen molar-refractivity contribution in [2.24, 2.45) is 10.4 Å². The zero-order chi connectivity index (χ0) is 21.6. The third kappa shape index (κ3) is 6.96. The van der Waals surface area contributed by atoms with E-state index < -0.39 is 11.9 Å². The van der Waals surface area contributed by atoms with Crippen LogP contribution in [0.5, 0.6) is 0 Å². The lowest BCUT2D eigenvalue weighted by Crippen LogP contribution is -2.56. The Morgan fingerprint density at radius 1 is 1.31 bits per heavy atom. The smallest absolute Gasteiger partial charge is 0.249 e. The molecule has 29 heavy (non-hydrogen) atoms. The Hall–Kier alpha value is -2.77. The van der Waals surface area contributed by atoms with Gasteiger partial charge in [-0.2, -0.15) is 0 Å². The highest BCUT2D eigenvalue weighted by Gasteiger charge is 2.36. The summed E-state index contributed by atoms with van der Waals surface area (Å²) in [5.74, 6) is -0.744. The van der Waals surface area contributed by atoms with Crippen molar-refractivity contribution in [3.63, 3.8) is 0 Å². The molecule has 1 saturated heterocycles. The fourth-order valence-electron chi connectivity index (χ4n) is 3.25. The largest absolute Gasteiger partial charge is 0.352 e. The van der Waals surface area contributed by atoms with E-state index in [4.69, 9.17) is 0 Å². The van der Waals surface area contributed by atoms with Gasteiger partial charge in [-0.15, -0.1) is 0 Å². The van der Waals surface area contributed by atoms with Gasteiger partial charge in [-0.25, -0.2) is 0 Å². The van der Waals surface area contributed by atoms with Crippen molar-refractivity contribution in [2.45, 2.75) is 59.4 Å². The van der Waals surface area contributed by atoms with Crippen LogP contribution in [0, 0.1) is 5.41 Å². The normalized spacial score (nSPS) is 26.0. The first-order valence-electron chi connectivity index (χ1n) is 9.85. The minimum absolute atomic E-state index is 0.0464. The molecule has 8 heteroatoms. The van der Waals surface area contributed by atoms with E-state index in [9.17, 15) is 19.2 Å². The van der Waals surface area contributed by atoms with E-state index in [0.717, 1.165) is 5.57 Å². The summed E-state index contributed by atoms with van der Waals surface area (Å²) in [6, 6.07) is -0.760. The van der Waals surface area contributed by atoms with E-state index in [1.54, 1.807) is 13.0 Å². The van der Waals surface area contributed by atoms with E-state index in [1.165, 1.54) is 4.90 Å². The molecule has 0 bridgehead atoms. The first-order valence-corrected chi connectivity index (χ1v) is 9.85. The van der Waals surface area contributed by atoms with Crippen LogP contribution in [-0.4, -0.2) is 53.5 Å². The van der Waals surface area contributed by atoms with Gasteiger partial charge in [0.25, 0.3) is 0 Å². The Balaban J connectivity index is 2.15. The van der Waals surface area contributed by atoms with Gasteiger partial charge in [0.2, 0.25) is 23.6 Å². The van der Waals surface area contributed by atoms with Crippen LogP contribution in [0.4, 0.5) is 0 Å². The molecule has 1 fully saturated rings. The monoisotopic (exact) mass is 402 g/mol. The lowest BCUT2D eigenvalue weighted by atomic mass is 9.92. The van der Waals surface area contributed by atoms with E-state index in [0.29, 0.717) is 18.8 Å². The van der Waals surface area contributed by atoms with Gasteiger partial charge < -0.3 is 5.32 Å². The van der Waals surface area contributed by atoms with Crippen molar-refractivity contribution in [2.75, 3.05) is 13.1 Å². The first kappa shape index (κ1) is 22.5. The van der Waals surface area contributed by atoms with Crippen LogP contribution in [-0.2, 0) is 19.2 Å². The number of allylic oxidation sites excluding steroid dienone is 2. The molecule has 0 spiro atoms. The van der Waals surface area contributed by atoms with Gasteiger partial charge in [0.05, 0.1) is 13.0 Å². The lowest BCUT2D eigenvalue weighted by molar-refractivity contribution is -0.142. The van der Waals surface area contributed by atoms with Crippen molar-refractivity contribution in [1.29, 1.82) is 0 Å². The zero-order valence-electron chi connectivity index (χ0n) is 17.6. The number of nitrogens with zero attached hydrogens (tertiary/aromatic N) is 2. The van der Waals surface area contributed by atoms with Gasteiger partial charge in [0.1, 0.15) is 11.9 Å². The second-order valence-corrected chi connectivity index (χ2v) is 8.56. The second kappa shape index (κ2) is 9.62. The number of imide groups is 1. The van der Waals surface area contributed by atoms with E-state index in [2.05, 4.69) is 15.6 Å². The van der Waals surface area contributed by atoms with Crippen molar-refractivity contribution in [1.82, 2.24) is 15.5 Å². The molecule has 4 amide bonds. The quantitative estimate of drug-likeness (QED) is 0.694. The maximum Gasteiger partial charge on any atom is 0.249 e. The van der Waals surface area contributed by atoms with Gasteiger partial charge in [-0.05, 0) is 24.3 Å². The predicted octanol–water partition coefficient (Wildman–Crippen LogP) is 1.48. The Bertz CT molecular complexity index is 774. The zero-order valence-corrected chi connectivity index (χ0v) is 17.6. The summed E-state index contributed by atoms with van der Waals surface area (Å²) in [6.45, 7) is 8.27. The molecule has 1 unspecified atom stereocenters. The summed E-state index contributed by atoms with van der Waals surface area (Å²) >= 11 is 0. The maximum atomic E-state index is 13.1. The Labute approximate surface area is 171 Å². The summed E-state index contributed by atoms with van der Waals surface area (Å²) in [4.78, 5) is 54.7. The number of rotatable bonds is 4. The number of amides is 4. The molecule has 0 radical (unpaired) electrons. The predicted molar refractivity (Wildman–Crippen MR) is 110 cm³/mol. The van der Waals surface area contributed by atoms with Gasteiger partial charge in [0.15, 0.2) is 0 Å². The van der Waals surface area contributed by atoms with Gasteiger partial charge >= 0.3 is 0 Å². The van der Waals surface area contributed by atoms with Crippen LogP contribution in [0.15, 0.2) is 28.8 Å². The molecule has 2 aliphatic rings. The Kier molecular flexibility index (Phi) is 7.47. The summed E-state index contributed by atoms with van der Waals surface area (Å²) < 4.78 is 0. The molecule has 2 rings (SSSR count). The fraction of sp³-hybridized carbons (Fsp3) is 0.571. The van der Waals surface area contributed by atoms with Crippen LogP contribution >= 0.6 is 0 Å². The fourth-order valence-corrected chi connectivity index (χ4v) is 3.25. The highest BCUT2D eigenvalue weighted by Crippen LogP contribution is 2.19. The van der Waals surface area contributed by atoms with Gasteiger partial charge in [-0.3, -0.25) is 34.4 Å². The van der Waals surface area contributed by atoms with Crippen molar-refractivity contribution in [3.8, 4) is 0 Å². The number of nitrogens with one attached hydrogen (secondary N) is 2. The van der Waals surface area contributed by atoms with Gasteiger partial charge in [-0.1, -0.05) is 39.0 Å². The number of aliphatic imine (C=N–C) groups is 1. The van der Waals surface area contributed by atoms with E-state index >= 15 is 0 Å². The molecule has 0 aliphatic carbocycles. The minimum Gasteiger partial charge on any atom is -0.352 e. The summed E-state index contributed by atoms with van der Waals surface area (Å²) in [5, 5.41) is 5.16. The number of carbonyl (C=O) groups is 4. The molecule has 8 nitrogen and oxygen atoms in total. The summed E-state index contributed by atoms with van der Waals surface area (Å²) in [5.41, 5.74) is 0.612. The lowest BCUT2D eigenvalue weighted by Gasteiger charge is -2.33. The summed E-state index contributed by atoms with van der Waals surface area (Å²) in [6.07, 6.45) is 6.34. The molecule has 0 aromatic rings. The van der Waals surface area contributed by atoms with Crippen LogP contribution < -0.4 is 10.6 Å². The molecule has 0 aromatic carbocycles. The number of amidine groups is 1. The van der Waals surface area contributed by atoms with Crippen molar-refractivity contribution in [3.05, 3.63) is 23.8 Å². The van der Waals surface area contributed by atoms with Crippen LogP contribution in [0.2, 0.25) is 0 Å². The number of hydrogen-bond acceptors (Lipinski definition) is 5. The topological polar surface area (TPSA) is 108 Å². The van der Waals surface area contributed by atoms with Gasteiger partial charge in [0, 0.05) is 19.4 Å². The third-order valence-electron chi connectivity index (χ3n) is 4.61. The molecule has 0 saturated carbocycles. The minimum atomic E-state index is -0.760. The molecule has 158 valence electrons.